The van der Waals surface area contributed by atoms with Crippen LogP contribution in [-0.2, 0) is 4.79 Å². The molecule has 0 unspecified atom stereocenters. The van der Waals surface area contributed by atoms with Crippen LogP contribution in [0.5, 0.6) is 0 Å². The molecule has 0 bridgehead atoms. The number of benzene rings is 3. The molecule has 0 saturated carbocycles. The van der Waals surface area contributed by atoms with Crippen LogP contribution in [0.2, 0.25) is 5.02 Å². The highest BCUT2D eigenvalue weighted by Gasteiger charge is 2.31. The normalized spacial score (nSPS) is 15.1. The van der Waals surface area contributed by atoms with E-state index in [4.69, 9.17) is 11.6 Å². The summed E-state index contributed by atoms with van der Waals surface area (Å²) in [7, 11) is 0. The third-order valence-corrected chi connectivity index (χ3v) is 6.69. The first-order chi connectivity index (χ1) is 16.3. The number of carbonyl (C=O) groups excluding carboxylic acids is 1. The zero-order valence-corrected chi connectivity index (χ0v) is 20.0. The van der Waals surface area contributed by atoms with E-state index < -0.39 is 11.0 Å². The summed E-state index contributed by atoms with van der Waals surface area (Å²) in [5.41, 5.74) is 4.75. The zero-order chi connectivity index (χ0) is 24.2. The lowest BCUT2D eigenvalue weighted by atomic mass is 10.0. The van der Waals surface area contributed by atoms with Gasteiger partial charge in [-0.2, -0.15) is 0 Å². The predicted molar refractivity (Wildman–Crippen MR) is 136 cm³/mol. The summed E-state index contributed by atoms with van der Waals surface area (Å²) >= 11 is 5.93. The topological polar surface area (TPSA) is 78.7 Å². The third kappa shape index (κ3) is 5.05. The molecule has 1 N–H and O–H groups in total. The number of halogens is 1. The molecule has 1 aliphatic heterocycles. The van der Waals surface area contributed by atoms with Crippen LogP contribution in [0.25, 0.3) is 0 Å². The second kappa shape index (κ2) is 10.2. The van der Waals surface area contributed by atoms with Crippen LogP contribution >= 0.6 is 11.6 Å². The van der Waals surface area contributed by atoms with E-state index >= 15 is 0 Å². The number of amides is 1. The number of nitro benzene ring substituents is 1. The zero-order valence-electron chi connectivity index (χ0n) is 19.2. The molecule has 3 aromatic rings. The molecule has 1 atom stereocenters. The summed E-state index contributed by atoms with van der Waals surface area (Å²) in [6.45, 7) is 7.28. The van der Waals surface area contributed by atoms with Gasteiger partial charge in [-0.25, -0.2) is 0 Å². The SMILES string of the molecule is Cc1cccc(N2CCN([C@@H](C(=O)Nc3ccc(Cl)c([N+](=O)[O-])c3)c3ccccc3)CC2)c1C. The number of aryl methyl sites for hydroxylation is 1. The van der Waals surface area contributed by atoms with Crippen molar-refractivity contribution in [2.75, 3.05) is 36.4 Å². The largest absolute Gasteiger partial charge is 0.369 e. The van der Waals surface area contributed by atoms with E-state index in [0.29, 0.717) is 18.8 Å². The van der Waals surface area contributed by atoms with Gasteiger partial charge in [0.25, 0.3) is 5.69 Å². The summed E-state index contributed by atoms with van der Waals surface area (Å²) in [6.07, 6.45) is 0. The first-order valence-electron chi connectivity index (χ1n) is 11.2. The van der Waals surface area contributed by atoms with E-state index in [-0.39, 0.29) is 16.6 Å². The highest BCUT2D eigenvalue weighted by atomic mass is 35.5. The number of rotatable bonds is 6. The van der Waals surface area contributed by atoms with E-state index in [1.165, 1.54) is 28.9 Å². The van der Waals surface area contributed by atoms with Crippen LogP contribution in [0.4, 0.5) is 17.1 Å². The molecule has 1 aliphatic rings. The van der Waals surface area contributed by atoms with Gasteiger partial charge in [-0.3, -0.25) is 19.8 Å². The van der Waals surface area contributed by atoms with Gasteiger partial charge >= 0.3 is 0 Å². The second-order valence-corrected chi connectivity index (χ2v) is 8.88. The van der Waals surface area contributed by atoms with Gasteiger partial charge in [0, 0.05) is 43.6 Å². The van der Waals surface area contributed by atoms with Gasteiger partial charge in [0.15, 0.2) is 0 Å². The molecule has 1 fully saturated rings. The van der Waals surface area contributed by atoms with Crippen molar-refractivity contribution in [2.45, 2.75) is 19.9 Å². The molecule has 0 aliphatic carbocycles. The van der Waals surface area contributed by atoms with Crippen LogP contribution < -0.4 is 10.2 Å². The van der Waals surface area contributed by atoms with Crippen molar-refractivity contribution in [3.8, 4) is 0 Å². The number of hydrogen-bond donors (Lipinski definition) is 1. The number of nitrogens with one attached hydrogen (secondary N) is 1. The molecule has 0 aromatic heterocycles. The maximum Gasteiger partial charge on any atom is 0.289 e. The fraction of sp³-hybridized carbons (Fsp3) is 0.269. The Morgan fingerprint density at radius 3 is 2.38 bits per heavy atom. The van der Waals surface area contributed by atoms with Crippen LogP contribution in [0.3, 0.4) is 0 Å². The Hall–Kier alpha value is -3.42. The fourth-order valence-electron chi connectivity index (χ4n) is 4.40. The average molecular weight is 479 g/mol. The van der Waals surface area contributed by atoms with Gasteiger partial charge < -0.3 is 10.2 Å². The Bertz CT molecular complexity index is 1190. The summed E-state index contributed by atoms with van der Waals surface area (Å²) in [4.78, 5) is 28.7. The standard InChI is InChI=1S/C26H27ClN4O3/c1-18-7-6-10-23(19(18)2)29-13-15-30(16-14-29)25(20-8-4-3-5-9-20)26(32)28-21-11-12-22(27)24(17-21)31(33)34/h3-12,17,25H,13-16H2,1-2H3,(H,28,32)/t25-/m1/s1. The van der Waals surface area contributed by atoms with Gasteiger partial charge in [-0.15, -0.1) is 0 Å². The second-order valence-electron chi connectivity index (χ2n) is 8.47. The smallest absolute Gasteiger partial charge is 0.289 e. The molecule has 1 saturated heterocycles. The molecule has 3 aromatic carbocycles. The van der Waals surface area contributed by atoms with Gasteiger partial charge in [-0.1, -0.05) is 54.1 Å². The first kappa shape index (κ1) is 23.7. The third-order valence-electron chi connectivity index (χ3n) is 6.37. The first-order valence-corrected chi connectivity index (χ1v) is 11.6. The minimum atomic E-state index is -0.556. The lowest BCUT2D eigenvalue weighted by Gasteiger charge is -2.40. The van der Waals surface area contributed by atoms with Crippen molar-refractivity contribution in [1.82, 2.24) is 4.90 Å². The quantitative estimate of drug-likeness (QED) is 0.380. The van der Waals surface area contributed by atoms with Crippen molar-refractivity contribution >= 4 is 34.6 Å². The monoisotopic (exact) mass is 478 g/mol. The molecule has 8 heteroatoms. The van der Waals surface area contributed by atoms with E-state index in [2.05, 4.69) is 47.2 Å². The Morgan fingerprint density at radius 1 is 1.00 bits per heavy atom. The molecule has 1 heterocycles. The Balaban J connectivity index is 1.55. The maximum absolute atomic E-state index is 13.5. The molecule has 4 rings (SSSR count). The number of hydrogen-bond acceptors (Lipinski definition) is 5. The highest BCUT2D eigenvalue weighted by Crippen LogP contribution is 2.30. The molecular weight excluding hydrogens is 452 g/mol. The molecular formula is C26H27ClN4O3. The summed E-state index contributed by atoms with van der Waals surface area (Å²) in [5.74, 6) is -0.233. The number of piperazine rings is 1. The number of nitrogens with zero attached hydrogens (tertiary/aromatic N) is 3. The molecule has 176 valence electrons. The van der Waals surface area contributed by atoms with Crippen molar-refractivity contribution < 1.29 is 9.72 Å². The average Bonchev–Trinajstić information content (AvgIpc) is 2.83. The number of nitro groups is 1. The minimum absolute atomic E-state index is 0.0326. The molecule has 0 spiro atoms. The van der Waals surface area contributed by atoms with Crippen molar-refractivity contribution in [2.24, 2.45) is 0 Å². The van der Waals surface area contributed by atoms with Gasteiger partial charge in [0.05, 0.1) is 4.92 Å². The summed E-state index contributed by atoms with van der Waals surface area (Å²) < 4.78 is 0. The van der Waals surface area contributed by atoms with Crippen LogP contribution in [0.15, 0.2) is 66.7 Å². The summed E-state index contributed by atoms with van der Waals surface area (Å²) in [5, 5.41) is 14.1. The Morgan fingerprint density at radius 2 is 1.71 bits per heavy atom. The van der Waals surface area contributed by atoms with Crippen molar-refractivity contribution in [3.05, 3.63) is 98.6 Å². The van der Waals surface area contributed by atoms with Crippen molar-refractivity contribution in [1.29, 1.82) is 0 Å². The lowest BCUT2D eigenvalue weighted by Crippen LogP contribution is -2.50. The van der Waals surface area contributed by atoms with Crippen LogP contribution in [0, 0.1) is 24.0 Å². The van der Waals surface area contributed by atoms with E-state index in [9.17, 15) is 14.9 Å². The molecule has 1 amide bonds. The van der Waals surface area contributed by atoms with E-state index in [1.54, 1.807) is 6.07 Å². The number of anilines is 2. The van der Waals surface area contributed by atoms with Crippen LogP contribution in [0.1, 0.15) is 22.7 Å². The molecule has 34 heavy (non-hydrogen) atoms. The van der Waals surface area contributed by atoms with Crippen molar-refractivity contribution in [3.63, 3.8) is 0 Å². The Labute approximate surface area is 204 Å². The fourth-order valence-corrected chi connectivity index (χ4v) is 4.59. The summed E-state index contributed by atoms with van der Waals surface area (Å²) in [6, 6.07) is 19.7. The van der Waals surface area contributed by atoms with Gasteiger partial charge in [0.1, 0.15) is 11.1 Å². The van der Waals surface area contributed by atoms with E-state index in [1.807, 2.05) is 30.3 Å². The van der Waals surface area contributed by atoms with E-state index in [0.717, 1.165) is 18.7 Å². The molecule has 0 radical (unpaired) electrons. The van der Waals surface area contributed by atoms with Crippen LogP contribution in [-0.4, -0.2) is 41.9 Å². The van der Waals surface area contributed by atoms with Gasteiger partial charge in [0.2, 0.25) is 5.91 Å². The molecule has 7 nitrogen and oxygen atoms in total. The number of carbonyl (C=O) groups is 1. The Kier molecular flexibility index (Phi) is 7.14. The predicted octanol–water partition coefficient (Wildman–Crippen LogP) is 5.37. The maximum atomic E-state index is 13.5. The van der Waals surface area contributed by atoms with Gasteiger partial charge in [-0.05, 0) is 48.7 Å². The lowest BCUT2D eigenvalue weighted by molar-refractivity contribution is -0.384. The highest BCUT2D eigenvalue weighted by molar-refractivity contribution is 6.32. The minimum Gasteiger partial charge on any atom is -0.369 e.